The van der Waals surface area contributed by atoms with E-state index in [0.29, 0.717) is 0 Å². The van der Waals surface area contributed by atoms with Crippen molar-refractivity contribution in [3.63, 3.8) is 0 Å². The summed E-state index contributed by atoms with van der Waals surface area (Å²) in [4.78, 5) is 13.7. The lowest BCUT2D eigenvalue weighted by atomic mass is 10.2. The molecule has 2 aromatic heterocycles. The molecule has 0 bridgehead atoms. The standard InChI is InChI=1S/C17H18ClN5/c18-15-3-1-14(2-4-15)13-21-9-11-23(12-10-21)17-16-19-5-7-22(16)8-6-20-17/h1-8H,9-13H2. The third kappa shape index (κ3) is 3.02. The lowest BCUT2D eigenvalue weighted by molar-refractivity contribution is 0.249. The van der Waals surface area contributed by atoms with Gasteiger partial charge < -0.3 is 9.30 Å². The van der Waals surface area contributed by atoms with Gasteiger partial charge in [0.1, 0.15) is 0 Å². The molecule has 23 heavy (non-hydrogen) atoms. The number of rotatable bonds is 3. The van der Waals surface area contributed by atoms with Crippen LogP contribution in [-0.2, 0) is 6.54 Å². The Morgan fingerprint density at radius 1 is 0.913 bits per heavy atom. The lowest BCUT2D eigenvalue weighted by Crippen LogP contribution is -2.46. The quantitative estimate of drug-likeness (QED) is 0.741. The van der Waals surface area contributed by atoms with E-state index in [1.54, 1.807) is 0 Å². The summed E-state index contributed by atoms with van der Waals surface area (Å²) in [6.45, 7) is 4.93. The smallest absolute Gasteiger partial charge is 0.180 e. The number of imidazole rings is 1. The second-order valence-electron chi connectivity index (χ2n) is 5.80. The highest BCUT2D eigenvalue weighted by atomic mass is 35.5. The van der Waals surface area contributed by atoms with Crippen LogP contribution in [-0.4, -0.2) is 45.4 Å². The fraction of sp³-hybridized carbons (Fsp3) is 0.294. The third-order valence-electron chi connectivity index (χ3n) is 4.28. The summed E-state index contributed by atoms with van der Waals surface area (Å²) < 4.78 is 2.02. The summed E-state index contributed by atoms with van der Waals surface area (Å²) >= 11 is 5.94. The van der Waals surface area contributed by atoms with Gasteiger partial charge in [0.05, 0.1) is 0 Å². The fourth-order valence-electron chi connectivity index (χ4n) is 3.03. The van der Waals surface area contributed by atoms with Gasteiger partial charge in [-0.15, -0.1) is 0 Å². The van der Waals surface area contributed by atoms with Gasteiger partial charge in [0, 0.05) is 62.5 Å². The molecule has 1 aliphatic rings. The molecule has 0 spiro atoms. The van der Waals surface area contributed by atoms with E-state index >= 15 is 0 Å². The largest absolute Gasteiger partial charge is 0.351 e. The number of hydrogen-bond donors (Lipinski definition) is 0. The predicted octanol–water partition coefficient (Wildman–Crippen LogP) is 2.70. The van der Waals surface area contributed by atoms with Crippen LogP contribution in [0.3, 0.4) is 0 Å². The van der Waals surface area contributed by atoms with Crippen molar-refractivity contribution < 1.29 is 0 Å². The van der Waals surface area contributed by atoms with Gasteiger partial charge in [-0.1, -0.05) is 23.7 Å². The average Bonchev–Trinajstić information content (AvgIpc) is 3.06. The van der Waals surface area contributed by atoms with E-state index < -0.39 is 0 Å². The van der Waals surface area contributed by atoms with Gasteiger partial charge in [-0.2, -0.15) is 0 Å². The Labute approximate surface area is 140 Å². The first-order chi connectivity index (χ1) is 11.3. The zero-order valence-corrected chi connectivity index (χ0v) is 13.5. The van der Waals surface area contributed by atoms with Crippen molar-refractivity contribution in [2.45, 2.75) is 6.54 Å². The fourth-order valence-corrected chi connectivity index (χ4v) is 3.15. The molecule has 5 nitrogen and oxygen atoms in total. The molecule has 0 aliphatic carbocycles. The van der Waals surface area contributed by atoms with E-state index in [0.717, 1.165) is 49.2 Å². The summed E-state index contributed by atoms with van der Waals surface area (Å²) in [6, 6.07) is 8.11. The molecule has 0 saturated carbocycles. The van der Waals surface area contributed by atoms with Crippen LogP contribution < -0.4 is 4.90 Å². The third-order valence-corrected chi connectivity index (χ3v) is 4.54. The van der Waals surface area contributed by atoms with Gasteiger partial charge in [-0.3, -0.25) is 4.90 Å². The lowest BCUT2D eigenvalue weighted by Gasteiger charge is -2.35. The minimum atomic E-state index is 0.789. The van der Waals surface area contributed by atoms with E-state index in [2.05, 4.69) is 31.9 Å². The van der Waals surface area contributed by atoms with Crippen molar-refractivity contribution >= 4 is 23.1 Å². The molecule has 0 atom stereocenters. The van der Waals surface area contributed by atoms with Crippen molar-refractivity contribution in [3.8, 4) is 0 Å². The van der Waals surface area contributed by atoms with Crippen LogP contribution >= 0.6 is 11.6 Å². The van der Waals surface area contributed by atoms with Crippen molar-refractivity contribution in [1.29, 1.82) is 0 Å². The molecule has 3 heterocycles. The Balaban J connectivity index is 1.43. The van der Waals surface area contributed by atoms with Crippen molar-refractivity contribution in [3.05, 3.63) is 59.6 Å². The number of piperazine rings is 1. The molecule has 1 aromatic carbocycles. The number of nitrogens with zero attached hydrogens (tertiary/aromatic N) is 5. The molecule has 1 fully saturated rings. The zero-order chi connectivity index (χ0) is 15.6. The summed E-state index contributed by atoms with van der Waals surface area (Å²) in [5.41, 5.74) is 2.23. The number of fused-ring (bicyclic) bond motifs is 1. The summed E-state index contributed by atoms with van der Waals surface area (Å²) in [5, 5.41) is 0.789. The van der Waals surface area contributed by atoms with Gasteiger partial charge in [-0.25, -0.2) is 9.97 Å². The first kappa shape index (κ1) is 14.5. The van der Waals surface area contributed by atoms with Gasteiger partial charge >= 0.3 is 0 Å². The normalized spacial score (nSPS) is 16.1. The van der Waals surface area contributed by atoms with Crippen molar-refractivity contribution in [2.75, 3.05) is 31.1 Å². The number of benzene rings is 1. The van der Waals surface area contributed by atoms with E-state index in [-0.39, 0.29) is 0 Å². The summed E-state index contributed by atoms with van der Waals surface area (Å²) in [7, 11) is 0. The van der Waals surface area contributed by atoms with E-state index in [4.69, 9.17) is 11.6 Å². The van der Waals surface area contributed by atoms with Crippen LogP contribution in [0.15, 0.2) is 49.1 Å². The first-order valence-corrected chi connectivity index (χ1v) is 8.17. The molecule has 0 radical (unpaired) electrons. The van der Waals surface area contributed by atoms with E-state index in [1.807, 2.05) is 41.3 Å². The second-order valence-corrected chi connectivity index (χ2v) is 6.24. The maximum absolute atomic E-state index is 5.94. The van der Waals surface area contributed by atoms with Crippen LogP contribution in [0.25, 0.3) is 5.65 Å². The van der Waals surface area contributed by atoms with Crippen LogP contribution in [0.5, 0.6) is 0 Å². The Kier molecular flexibility index (Phi) is 3.89. The molecule has 3 aromatic rings. The Hall–Kier alpha value is -2.11. The molecular weight excluding hydrogens is 310 g/mol. The van der Waals surface area contributed by atoms with Gasteiger partial charge in [-0.05, 0) is 17.7 Å². The van der Waals surface area contributed by atoms with Crippen LogP contribution in [0.4, 0.5) is 5.82 Å². The number of anilines is 1. The highest BCUT2D eigenvalue weighted by molar-refractivity contribution is 6.30. The number of hydrogen-bond acceptors (Lipinski definition) is 4. The highest BCUT2D eigenvalue weighted by Crippen LogP contribution is 2.19. The van der Waals surface area contributed by atoms with Gasteiger partial charge in [0.2, 0.25) is 0 Å². The minimum Gasteiger partial charge on any atom is -0.351 e. The predicted molar refractivity (Wildman–Crippen MR) is 91.9 cm³/mol. The molecule has 0 N–H and O–H groups in total. The number of aromatic nitrogens is 3. The number of halogens is 1. The van der Waals surface area contributed by atoms with Gasteiger partial charge in [0.15, 0.2) is 11.5 Å². The monoisotopic (exact) mass is 327 g/mol. The Morgan fingerprint density at radius 2 is 1.61 bits per heavy atom. The van der Waals surface area contributed by atoms with Crippen molar-refractivity contribution in [1.82, 2.24) is 19.3 Å². The Morgan fingerprint density at radius 3 is 2.35 bits per heavy atom. The van der Waals surface area contributed by atoms with Crippen LogP contribution in [0, 0.1) is 0 Å². The molecule has 1 aliphatic heterocycles. The highest BCUT2D eigenvalue weighted by Gasteiger charge is 2.20. The van der Waals surface area contributed by atoms with E-state index in [1.165, 1.54) is 5.56 Å². The molecule has 1 saturated heterocycles. The van der Waals surface area contributed by atoms with Gasteiger partial charge in [0.25, 0.3) is 0 Å². The summed E-state index contributed by atoms with van der Waals surface area (Å²) in [6.07, 6.45) is 7.54. The SMILES string of the molecule is Clc1ccc(CN2CCN(c3nccn4ccnc34)CC2)cc1. The minimum absolute atomic E-state index is 0.789. The Bertz CT molecular complexity index is 790. The summed E-state index contributed by atoms with van der Waals surface area (Å²) in [5.74, 6) is 0.976. The van der Waals surface area contributed by atoms with Crippen LogP contribution in [0.1, 0.15) is 5.56 Å². The van der Waals surface area contributed by atoms with E-state index in [9.17, 15) is 0 Å². The molecule has 118 valence electrons. The molecule has 4 rings (SSSR count). The average molecular weight is 328 g/mol. The molecule has 0 amide bonds. The van der Waals surface area contributed by atoms with Crippen molar-refractivity contribution in [2.24, 2.45) is 0 Å². The molecular formula is C17H18ClN5. The topological polar surface area (TPSA) is 36.7 Å². The first-order valence-electron chi connectivity index (χ1n) is 7.79. The zero-order valence-electron chi connectivity index (χ0n) is 12.8. The maximum atomic E-state index is 5.94. The van der Waals surface area contributed by atoms with Crippen LogP contribution in [0.2, 0.25) is 5.02 Å². The second kappa shape index (κ2) is 6.18. The maximum Gasteiger partial charge on any atom is 0.180 e. The molecule has 0 unspecified atom stereocenters. The molecule has 6 heteroatoms.